The van der Waals surface area contributed by atoms with Crippen molar-refractivity contribution < 1.29 is 0 Å². The van der Waals surface area contributed by atoms with Crippen molar-refractivity contribution in [3.05, 3.63) is 5.56 Å². The molecule has 1 aromatic rings. The summed E-state index contributed by atoms with van der Waals surface area (Å²) in [6.45, 7) is 9.97. The van der Waals surface area contributed by atoms with Crippen LogP contribution in [0.2, 0.25) is 0 Å². The van der Waals surface area contributed by atoms with Crippen molar-refractivity contribution in [2.75, 3.05) is 23.7 Å². The molecule has 1 rings (SSSR count). The summed E-state index contributed by atoms with van der Waals surface area (Å²) in [5.74, 6) is 1.21. The lowest BCUT2D eigenvalue weighted by Crippen LogP contribution is -2.23. The highest BCUT2D eigenvalue weighted by molar-refractivity contribution is 5.65. The number of nitriles is 1. The van der Waals surface area contributed by atoms with Gasteiger partial charge in [0.15, 0.2) is 5.82 Å². The Morgan fingerprint density at radius 3 is 2.22 bits per heavy atom. The molecule has 1 heterocycles. The van der Waals surface area contributed by atoms with Crippen molar-refractivity contribution >= 4 is 11.6 Å². The maximum Gasteiger partial charge on any atom is 0.170 e. The number of nitrogens with zero attached hydrogens (tertiary/aromatic N) is 4. The Labute approximate surface area is 109 Å². The Kier molecular flexibility index (Phi) is 5.02. The van der Waals surface area contributed by atoms with E-state index in [1.165, 1.54) is 0 Å². The molecule has 2 N–H and O–H groups in total. The molecule has 0 amide bonds. The smallest absolute Gasteiger partial charge is 0.170 e. The molecular formula is C13H23N5. The van der Waals surface area contributed by atoms with Gasteiger partial charge in [-0.1, -0.05) is 13.8 Å². The van der Waals surface area contributed by atoms with Crippen LogP contribution in [0.1, 0.15) is 52.1 Å². The summed E-state index contributed by atoms with van der Waals surface area (Å²) < 4.78 is 1.81. The van der Waals surface area contributed by atoms with E-state index in [1.807, 2.05) is 4.68 Å². The first-order valence-corrected chi connectivity index (χ1v) is 6.67. The van der Waals surface area contributed by atoms with Crippen LogP contribution in [-0.4, -0.2) is 22.9 Å². The van der Waals surface area contributed by atoms with E-state index in [4.69, 9.17) is 5.73 Å². The average molecular weight is 249 g/mol. The highest BCUT2D eigenvalue weighted by atomic mass is 15.4. The van der Waals surface area contributed by atoms with Crippen LogP contribution in [-0.2, 0) is 0 Å². The van der Waals surface area contributed by atoms with Crippen LogP contribution in [0.3, 0.4) is 0 Å². The Bertz CT molecular complexity index is 421. The molecule has 1 aromatic heterocycles. The molecule has 0 aromatic carbocycles. The third-order valence-corrected chi connectivity index (χ3v) is 3.39. The lowest BCUT2D eigenvalue weighted by Gasteiger charge is -2.18. The number of hydrogen-bond acceptors (Lipinski definition) is 4. The molecule has 0 saturated heterocycles. The zero-order chi connectivity index (χ0) is 13.7. The molecule has 100 valence electrons. The standard InChI is InChI=1S/C13H23N5/c1-5-10(6-2)18-12(15)11(9-14)13(16-18)17(7-3)8-4/h10H,5-8,15H2,1-4H3. The third-order valence-electron chi connectivity index (χ3n) is 3.39. The van der Waals surface area contributed by atoms with Crippen LogP contribution in [0.15, 0.2) is 0 Å². The third kappa shape index (κ3) is 2.42. The van der Waals surface area contributed by atoms with E-state index < -0.39 is 0 Å². The van der Waals surface area contributed by atoms with Gasteiger partial charge < -0.3 is 10.6 Å². The number of nitrogen functional groups attached to an aromatic ring is 1. The molecule has 0 aliphatic rings. The van der Waals surface area contributed by atoms with Gasteiger partial charge in [-0.05, 0) is 26.7 Å². The van der Waals surface area contributed by atoms with Gasteiger partial charge in [0.05, 0.1) is 6.04 Å². The summed E-state index contributed by atoms with van der Waals surface area (Å²) in [6.07, 6.45) is 1.93. The highest BCUT2D eigenvalue weighted by Crippen LogP contribution is 2.29. The summed E-state index contributed by atoms with van der Waals surface area (Å²) >= 11 is 0. The molecule has 0 aliphatic carbocycles. The predicted octanol–water partition coefficient (Wildman–Crippen LogP) is 2.54. The fourth-order valence-electron chi connectivity index (χ4n) is 2.20. The fourth-order valence-corrected chi connectivity index (χ4v) is 2.20. The van der Waals surface area contributed by atoms with Crippen molar-refractivity contribution in [1.29, 1.82) is 5.26 Å². The monoisotopic (exact) mass is 249 g/mol. The quantitative estimate of drug-likeness (QED) is 0.841. The van der Waals surface area contributed by atoms with Gasteiger partial charge in [-0.3, -0.25) is 0 Å². The first-order valence-electron chi connectivity index (χ1n) is 6.67. The first kappa shape index (κ1) is 14.4. The second-order valence-corrected chi connectivity index (χ2v) is 4.28. The molecule has 0 saturated carbocycles. The lowest BCUT2D eigenvalue weighted by molar-refractivity contribution is 0.434. The van der Waals surface area contributed by atoms with E-state index in [9.17, 15) is 5.26 Å². The SMILES string of the molecule is CCC(CC)n1nc(N(CC)CC)c(C#N)c1N. The number of anilines is 2. The Morgan fingerprint density at radius 1 is 1.28 bits per heavy atom. The van der Waals surface area contributed by atoms with Gasteiger partial charge in [0.25, 0.3) is 0 Å². The number of rotatable bonds is 6. The van der Waals surface area contributed by atoms with Crippen LogP contribution >= 0.6 is 0 Å². The van der Waals surface area contributed by atoms with E-state index in [0.29, 0.717) is 17.2 Å². The highest BCUT2D eigenvalue weighted by Gasteiger charge is 2.22. The maximum absolute atomic E-state index is 9.27. The number of nitrogens with two attached hydrogens (primary N) is 1. The number of hydrogen-bond donors (Lipinski definition) is 1. The molecule has 0 bridgehead atoms. The summed E-state index contributed by atoms with van der Waals surface area (Å²) in [6, 6.07) is 2.45. The fraction of sp³-hybridized carbons (Fsp3) is 0.692. The molecule has 0 fully saturated rings. The van der Waals surface area contributed by atoms with Crippen LogP contribution < -0.4 is 10.6 Å². The van der Waals surface area contributed by atoms with Crippen molar-refractivity contribution in [1.82, 2.24) is 9.78 Å². The molecule has 18 heavy (non-hydrogen) atoms. The maximum atomic E-state index is 9.27. The summed E-state index contributed by atoms with van der Waals surface area (Å²) in [7, 11) is 0. The minimum Gasteiger partial charge on any atom is -0.383 e. The van der Waals surface area contributed by atoms with E-state index in [-0.39, 0.29) is 6.04 Å². The van der Waals surface area contributed by atoms with Gasteiger partial charge in [-0.2, -0.15) is 10.4 Å². The van der Waals surface area contributed by atoms with Crippen molar-refractivity contribution in [3.63, 3.8) is 0 Å². The summed E-state index contributed by atoms with van der Waals surface area (Å²) in [5, 5.41) is 13.8. The van der Waals surface area contributed by atoms with Crippen LogP contribution in [0.25, 0.3) is 0 Å². The summed E-state index contributed by atoms with van der Waals surface area (Å²) in [4.78, 5) is 2.06. The van der Waals surface area contributed by atoms with Crippen molar-refractivity contribution in [2.24, 2.45) is 0 Å². The van der Waals surface area contributed by atoms with Crippen LogP contribution in [0, 0.1) is 11.3 Å². The van der Waals surface area contributed by atoms with E-state index in [2.05, 4.69) is 43.8 Å². The molecule has 0 aliphatic heterocycles. The molecule has 5 nitrogen and oxygen atoms in total. The molecule has 0 spiro atoms. The zero-order valence-corrected chi connectivity index (χ0v) is 11.8. The first-order chi connectivity index (χ1) is 8.64. The lowest BCUT2D eigenvalue weighted by atomic mass is 10.2. The van der Waals surface area contributed by atoms with Gasteiger partial charge in [-0.25, -0.2) is 4.68 Å². The molecular weight excluding hydrogens is 226 g/mol. The Hall–Kier alpha value is -1.70. The van der Waals surface area contributed by atoms with E-state index in [0.717, 1.165) is 25.9 Å². The minimum atomic E-state index is 0.265. The average Bonchev–Trinajstić information content (AvgIpc) is 2.70. The van der Waals surface area contributed by atoms with Gasteiger partial charge in [0, 0.05) is 13.1 Å². The Morgan fingerprint density at radius 2 is 1.83 bits per heavy atom. The van der Waals surface area contributed by atoms with Gasteiger partial charge in [0.2, 0.25) is 0 Å². The topological polar surface area (TPSA) is 70.9 Å². The second kappa shape index (κ2) is 6.29. The zero-order valence-electron chi connectivity index (χ0n) is 11.8. The normalized spacial score (nSPS) is 10.7. The van der Waals surface area contributed by atoms with E-state index >= 15 is 0 Å². The van der Waals surface area contributed by atoms with Crippen LogP contribution in [0.4, 0.5) is 11.6 Å². The van der Waals surface area contributed by atoms with Crippen molar-refractivity contribution in [2.45, 2.75) is 46.6 Å². The van der Waals surface area contributed by atoms with Crippen LogP contribution in [0.5, 0.6) is 0 Å². The molecule has 0 radical (unpaired) electrons. The predicted molar refractivity (Wildman–Crippen MR) is 74.5 cm³/mol. The molecule has 0 unspecified atom stereocenters. The Balaban J connectivity index is 3.29. The largest absolute Gasteiger partial charge is 0.383 e. The molecule has 5 heteroatoms. The molecule has 0 atom stereocenters. The second-order valence-electron chi connectivity index (χ2n) is 4.28. The minimum absolute atomic E-state index is 0.265. The van der Waals surface area contributed by atoms with Crippen molar-refractivity contribution in [3.8, 4) is 6.07 Å². The van der Waals surface area contributed by atoms with Gasteiger partial charge in [-0.15, -0.1) is 0 Å². The van der Waals surface area contributed by atoms with Gasteiger partial charge in [0.1, 0.15) is 17.5 Å². The number of aromatic nitrogens is 2. The van der Waals surface area contributed by atoms with Gasteiger partial charge >= 0.3 is 0 Å². The summed E-state index contributed by atoms with van der Waals surface area (Å²) in [5.41, 5.74) is 6.57. The van der Waals surface area contributed by atoms with E-state index in [1.54, 1.807) is 0 Å².